The quantitative estimate of drug-likeness (QED) is 0.836. The number of aromatic nitrogens is 2. The van der Waals surface area contributed by atoms with Crippen molar-refractivity contribution < 1.29 is 0 Å². The first-order valence-corrected chi connectivity index (χ1v) is 8.32. The van der Waals surface area contributed by atoms with Crippen molar-refractivity contribution in [2.75, 3.05) is 0 Å². The molecule has 1 saturated carbocycles. The van der Waals surface area contributed by atoms with Gasteiger partial charge in [-0.25, -0.2) is 4.98 Å². The number of nitrogens with one attached hydrogen (secondary N) is 2. The average molecular weight is 291 g/mol. The number of aromatic amines is 1. The zero-order valence-electron chi connectivity index (χ0n) is 13.8. The molecular weight excluding hydrogens is 262 g/mol. The minimum absolute atomic E-state index is 0.00642. The van der Waals surface area contributed by atoms with Crippen LogP contribution in [0.25, 0.3) is 0 Å². The Kier molecular flexibility index (Phi) is 5.57. The molecular formula is C17H29N3O. The fourth-order valence-electron chi connectivity index (χ4n) is 3.67. The van der Waals surface area contributed by atoms with E-state index in [4.69, 9.17) is 0 Å². The summed E-state index contributed by atoms with van der Waals surface area (Å²) in [7, 11) is 0. The molecule has 4 nitrogen and oxygen atoms in total. The Morgan fingerprint density at radius 2 is 1.76 bits per heavy atom. The number of hydrogen-bond donors (Lipinski definition) is 2. The Morgan fingerprint density at radius 1 is 1.14 bits per heavy atom. The highest BCUT2D eigenvalue weighted by Gasteiger charge is 2.22. The first-order valence-electron chi connectivity index (χ1n) is 8.32. The van der Waals surface area contributed by atoms with E-state index < -0.39 is 0 Å². The Morgan fingerprint density at radius 3 is 2.33 bits per heavy atom. The van der Waals surface area contributed by atoms with Crippen LogP contribution in [0.4, 0.5) is 0 Å². The Balaban J connectivity index is 2.07. The van der Waals surface area contributed by atoms with Gasteiger partial charge in [0.25, 0.3) is 5.56 Å². The van der Waals surface area contributed by atoms with Crippen LogP contribution in [0.15, 0.2) is 4.79 Å². The Hall–Kier alpha value is -1.16. The fourth-order valence-corrected chi connectivity index (χ4v) is 3.67. The first kappa shape index (κ1) is 16.2. The molecule has 0 aromatic carbocycles. The molecule has 1 unspecified atom stereocenters. The maximum absolute atomic E-state index is 12.2. The predicted octanol–water partition coefficient (Wildman–Crippen LogP) is 3.40. The summed E-state index contributed by atoms with van der Waals surface area (Å²) < 4.78 is 0. The van der Waals surface area contributed by atoms with Crippen LogP contribution >= 0.6 is 0 Å². The van der Waals surface area contributed by atoms with Crippen LogP contribution in [0.1, 0.15) is 75.5 Å². The third-order valence-electron chi connectivity index (χ3n) is 4.82. The van der Waals surface area contributed by atoms with E-state index in [0.29, 0.717) is 11.9 Å². The zero-order chi connectivity index (χ0) is 15.4. The van der Waals surface area contributed by atoms with Gasteiger partial charge in [-0.3, -0.25) is 4.79 Å². The maximum atomic E-state index is 12.2. The smallest absolute Gasteiger partial charge is 0.255 e. The molecule has 1 aromatic heterocycles. The third kappa shape index (κ3) is 4.16. The topological polar surface area (TPSA) is 57.8 Å². The number of aryl methyl sites for hydroxylation is 2. The van der Waals surface area contributed by atoms with E-state index in [9.17, 15) is 4.79 Å². The number of rotatable bonds is 4. The largest absolute Gasteiger partial charge is 0.310 e. The number of hydrogen-bond acceptors (Lipinski definition) is 3. The highest BCUT2D eigenvalue weighted by molar-refractivity contribution is 5.20. The zero-order valence-corrected chi connectivity index (χ0v) is 13.8. The molecule has 2 N–H and O–H groups in total. The van der Waals surface area contributed by atoms with Gasteiger partial charge in [-0.05, 0) is 46.5 Å². The van der Waals surface area contributed by atoms with Gasteiger partial charge in [-0.15, -0.1) is 0 Å². The summed E-state index contributed by atoms with van der Waals surface area (Å²) in [6.45, 7) is 8.08. The van der Waals surface area contributed by atoms with Gasteiger partial charge in [0.15, 0.2) is 0 Å². The summed E-state index contributed by atoms with van der Waals surface area (Å²) in [6.07, 6.45) is 8.05. The monoisotopic (exact) mass is 291 g/mol. The van der Waals surface area contributed by atoms with Crippen molar-refractivity contribution in [1.29, 1.82) is 0 Å². The van der Waals surface area contributed by atoms with Crippen LogP contribution in [0.3, 0.4) is 0 Å². The molecule has 0 amide bonds. The highest BCUT2D eigenvalue weighted by Crippen LogP contribution is 2.26. The maximum Gasteiger partial charge on any atom is 0.255 e. The summed E-state index contributed by atoms with van der Waals surface area (Å²) >= 11 is 0. The van der Waals surface area contributed by atoms with Crippen LogP contribution in [0.2, 0.25) is 0 Å². The van der Waals surface area contributed by atoms with Crippen molar-refractivity contribution in [1.82, 2.24) is 15.3 Å². The van der Waals surface area contributed by atoms with Gasteiger partial charge in [-0.1, -0.05) is 25.7 Å². The molecule has 4 heteroatoms. The normalized spacial score (nSPS) is 20.0. The Bertz CT molecular complexity index is 515. The lowest BCUT2D eigenvalue weighted by Gasteiger charge is -2.27. The van der Waals surface area contributed by atoms with Crippen molar-refractivity contribution in [3.8, 4) is 0 Å². The van der Waals surface area contributed by atoms with Gasteiger partial charge in [0, 0.05) is 17.8 Å². The van der Waals surface area contributed by atoms with Gasteiger partial charge in [0.2, 0.25) is 0 Å². The summed E-state index contributed by atoms with van der Waals surface area (Å²) in [5.74, 6) is 1.41. The third-order valence-corrected chi connectivity index (χ3v) is 4.82. The molecule has 2 rings (SSSR count). The van der Waals surface area contributed by atoms with Crippen molar-refractivity contribution in [2.45, 2.75) is 78.3 Å². The first-order chi connectivity index (χ1) is 9.99. The molecule has 0 saturated heterocycles. The van der Waals surface area contributed by atoms with E-state index in [0.717, 1.165) is 17.2 Å². The molecule has 0 spiro atoms. The number of nitrogens with zero attached hydrogens (tertiary/aromatic N) is 1. The van der Waals surface area contributed by atoms with E-state index in [-0.39, 0.29) is 11.6 Å². The van der Waals surface area contributed by atoms with Crippen molar-refractivity contribution in [3.05, 3.63) is 27.4 Å². The molecule has 118 valence electrons. The van der Waals surface area contributed by atoms with Crippen molar-refractivity contribution in [2.24, 2.45) is 5.92 Å². The summed E-state index contributed by atoms with van der Waals surface area (Å²) in [5.41, 5.74) is 1.61. The highest BCUT2D eigenvalue weighted by atomic mass is 16.1. The van der Waals surface area contributed by atoms with Crippen LogP contribution in [0, 0.1) is 19.8 Å². The molecule has 21 heavy (non-hydrogen) atoms. The van der Waals surface area contributed by atoms with E-state index in [1.807, 2.05) is 13.8 Å². The molecule has 0 bridgehead atoms. The lowest BCUT2D eigenvalue weighted by Crippen LogP contribution is -2.38. The average Bonchev–Trinajstić information content (AvgIpc) is 2.65. The van der Waals surface area contributed by atoms with E-state index in [2.05, 4.69) is 29.1 Å². The molecule has 1 aliphatic carbocycles. The second-order valence-electron chi connectivity index (χ2n) is 6.58. The fraction of sp³-hybridized carbons (Fsp3) is 0.765. The molecule has 1 aliphatic rings. The van der Waals surface area contributed by atoms with Gasteiger partial charge in [-0.2, -0.15) is 0 Å². The van der Waals surface area contributed by atoms with Crippen LogP contribution < -0.4 is 10.9 Å². The lowest BCUT2D eigenvalue weighted by molar-refractivity contribution is 0.315. The molecule has 1 heterocycles. The summed E-state index contributed by atoms with van der Waals surface area (Å²) in [6, 6.07) is 0.485. The molecule has 1 aromatic rings. The predicted molar refractivity (Wildman–Crippen MR) is 86.5 cm³/mol. The minimum Gasteiger partial charge on any atom is -0.310 e. The van der Waals surface area contributed by atoms with E-state index in [1.165, 1.54) is 38.5 Å². The van der Waals surface area contributed by atoms with Gasteiger partial charge in [0.1, 0.15) is 5.82 Å². The minimum atomic E-state index is -0.00642. The second-order valence-corrected chi connectivity index (χ2v) is 6.58. The van der Waals surface area contributed by atoms with Crippen LogP contribution in [-0.2, 0) is 0 Å². The van der Waals surface area contributed by atoms with Gasteiger partial charge >= 0.3 is 0 Å². The van der Waals surface area contributed by atoms with E-state index >= 15 is 0 Å². The van der Waals surface area contributed by atoms with Gasteiger partial charge in [0.05, 0.1) is 5.56 Å². The molecule has 2 atom stereocenters. The standard InChI is InChI=1S/C17H29N3O/c1-11(15-9-7-5-6-8-10-15)18-12(2)16-13(3)19-14(4)20-17(16)21/h11-12,15,18H,5-10H2,1-4H3,(H,19,20,21)/t11-,12?/m0/s1. The summed E-state index contributed by atoms with van der Waals surface area (Å²) in [5, 5.41) is 3.63. The Labute approximate surface area is 127 Å². The van der Waals surface area contributed by atoms with Gasteiger partial charge < -0.3 is 10.3 Å². The lowest BCUT2D eigenvalue weighted by atomic mass is 9.92. The summed E-state index contributed by atoms with van der Waals surface area (Å²) in [4.78, 5) is 19.4. The van der Waals surface area contributed by atoms with Crippen molar-refractivity contribution >= 4 is 0 Å². The molecule has 0 radical (unpaired) electrons. The molecule has 1 fully saturated rings. The van der Waals surface area contributed by atoms with E-state index in [1.54, 1.807) is 0 Å². The van der Waals surface area contributed by atoms with Crippen LogP contribution in [0.5, 0.6) is 0 Å². The molecule has 0 aliphatic heterocycles. The second kappa shape index (κ2) is 7.21. The SMILES string of the molecule is Cc1nc(C)c(C(C)N[C@@H](C)C2CCCCCC2)c(=O)[nH]1. The van der Waals surface area contributed by atoms with Crippen molar-refractivity contribution in [3.63, 3.8) is 0 Å². The number of H-pyrrole nitrogens is 1. The van der Waals surface area contributed by atoms with Crippen LogP contribution in [-0.4, -0.2) is 16.0 Å².